The van der Waals surface area contributed by atoms with E-state index in [1.54, 1.807) is 0 Å². The van der Waals surface area contributed by atoms with Gasteiger partial charge in [-0.05, 0) is 61.4 Å². The van der Waals surface area contributed by atoms with Crippen LogP contribution in [0.5, 0.6) is 5.75 Å². The van der Waals surface area contributed by atoms with E-state index < -0.39 is 0 Å². The van der Waals surface area contributed by atoms with Crippen molar-refractivity contribution in [2.45, 2.75) is 13.8 Å². The number of benzene rings is 2. The highest BCUT2D eigenvalue weighted by molar-refractivity contribution is 6.30. The van der Waals surface area contributed by atoms with Crippen LogP contribution in [0.3, 0.4) is 0 Å². The maximum absolute atomic E-state index is 12.3. The summed E-state index contributed by atoms with van der Waals surface area (Å²) in [7, 11) is 0. The molecule has 0 saturated carbocycles. The SMILES string of the molecule is Cc1ccc(NC(=O)C[NH+]2CC[NH+](CCOc3ccc(Cl)cc3)CC2)cc1C. The standard InChI is InChI=1S/C22H28ClN3O2/c1-17-3-6-20(15-18(17)2)24-22(27)16-26-11-9-25(10-12-26)13-14-28-21-7-4-19(23)5-8-21/h3-8,15H,9-14,16H2,1-2H3,(H,24,27)/p+2. The molecule has 1 amide bonds. The van der Waals surface area contributed by atoms with E-state index in [0.717, 1.165) is 49.2 Å². The third-order valence-electron chi connectivity index (χ3n) is 5.40. The van der Waals surface area contributed by atoms with Crippen LogP contribution in [0.1, 0.15) is 11.1 Å². The largest absolute Gasteiger partial charge is 0.488 e. The van der Waals surface area contributed by atoms with E-state index in [1.807, 2.05) is 42.5 Å². The highest BCUT2D eigenvalue weighted by Crippen LogP contribution is 2.15. The van der Waals surface area contributed by atoms with Gasteiger partial charge in [0.1, 0.15) is 45.1 Å². The van der Waals surface area contributed by atoms with Gasteiger partial charge in [0.05, 0.1) is 0 Å². The molecule has 2 aromatic rings. The fourth-order valence-corrected chi connectivity index (χ4v) is 3.61. The lowest BCUT2D eigenvalue weighted by Crippen LogP contribution is -3.28. The molecule has 0 aliphatic carbocycles. The molecular formula is C22H30ClN3O2+2. The molecule has 5 nitrogen and oxygen atoms in total. The van der Waals surface area contributed by atoms with Crippen LogP contribution >= 0.6 is 11.6 Å². The quantitative estimate of drug-likeness (QED) is 0.639. The average Bonchev–Trinajstić information content (AvgIpc) is 2.68. The smallest absolute Gasteiger partial charge is 0.279 e. The number of hydrogen-bond donors (Lipinski definition) is 3. The first-order valence-electron chi connectivity index (χ1n) is 9.92. The van der Waals surface area contributed by atoms with Crippen molar-refractivity contribution >= 4 is 23.2 Å². The maximum atomic E-state index is 12.3. The molecule has 1 aliphatic rings. The van der Waals surface area contributed by atoms with Gasteiger partial charge in [0.2, 0.25) is 0 Å². The molecule has 1 heterocycles. The fourth-order valence-electron chi connectivity index (χ4n) is 3.48. The molecule has 3 rings (SSSR count). The molecule has 0 unspecified atom stereocenters. The van der Waals surface area contributed by atoms with Crippen molar-refractivity contribution in [1.29, 1.82) is 0 Å². The molecule has 1 fully saturated rings. The minimum Gasteiger partial charge on any atom is -0.488 e. The summed E-state index contributed by atoms with van der Waals surface area (Å²) in [6, 6.07) is 13.5. The zero-order valence-corrected chi connectivity index (χ0v) is 17.4. The molecule has 0 spiro atoms. The molecule has 6 heteroatoms. The number of ether oxygens (including phenoxy) is 1. The van der Waals surface area contributed by atoms with Crippen molar-refractivity contribution in [3.8, 4) is 5.75 Å². The Morgan fingerprint density at radius 3 is 2.36 bits per heavy atom. The Morgan fingerprint density at radius 2 is 1.68 bits per heavy atom. The highest BCUT2D eigenvalue weighted by Gasteiger charge is 2.24. The Balaban J connectivity index is 1.34. The van der Waals surface area contributed by atoms with Crippen LogP contribution in [-0.4, -0.2) is 51.8 Å². The van der Waals surface area contributed by atoms with E-state index in [4.69, 9.17) is 16.3 Å². The number of nitrogens with one attached hydrogen (secondary N) is 3. The summed E-state index contributed by atoms with van der Waals surface area (Å²) in [6.07, 6.45) is 0. The fraction of sp³-hybridized carbons (Fsp3) is 0.409. The number of carbonyl (C=O) groups excluding carboxylic acids is 1. The summed E-state index contributed by atoms with van der Waals surface area (Å²) in [5.74, 6) is 0.948. The lowest BCUT2D eigenvalue weighted by molar-refractivity contribution is -1.01. The summed E-state index contributed by atoms with van der Waals surface area (Å²) < 4.78 is 5.79. The van der Waals surface area contributed by atoms with Crippen LogP contribution < -0.4 is 19.9 Å². The number of amides is 1. The topological polar surface area (TPSA) is 47.2 Å². The normalized spacial score (nSPS) is 19.2. The van der Waals surface area contributed by atoms with Crippen molar-refractivity contribution in [2.75, 3.05) is 51.2 Å². The summed E-state index contributed by atoms with van der Waals surface area (Å²) in [5.41, 5.74) is 3.32. The number of quaternary nitrogens is 2. The minimum atomic E-state index is 0.0905. The van der Waals surface area contributed by atoms with E-state index in [2.05, 4.69) is 19.2 Å². The Hall–Kier alpha value is -2.08. The van der Waals surface area contributed by atoms with Gasteiger partial charge >= 0.3 is 0 Å². The molecular weight excluding hydrogens is 374 g/mol. The van der Waals surface area contributed by atoms with Crippen LogP contribution in [0.4, 0.5) is 5.69 Å². The van der Waals surface area contributed by atoms with Gasteiger partial charge in [-0.3, -0.25) is 4.79 Å². The first-order valence-corrected chi connectivity index (χ1v) is 10.3. The summed E-state index contributed by atoms with van der Waals surface area (Å²) in [4.78, 5) is 15.2. The molecule has 0 radical (unpaired) electrons. The van der Waals surface area contributed by atoms with Crippen molar-refractivity contribution in [3.05, 3.63) is 58.6 Å². The second kappa shape index (κ2) is 9.92. The molecule has 28 heavy (non-hydrogen) atoms. The number of anilines is 1. The predicted molar refractivity (Wildman–Crippen MR) is 113 cm³/mol. The second-order valence-corrected chi connectivity index (χ2v) is 8.01. The van der Waals surface area contributed by atoms with Crippen LogP contribution in [0.2, 0.25) is 5.02 Å². The van der Waals surface area contributed by atoms with Gasteiger partial charge in [0.15, 0.2) is 6.54 Å². The lowest BCUT2D eigenvalue weighted by atomic mass is 10.1. The molecule has 0 bridgehead atoms. The van der Waals surface area contributed by atoms with Gasteiger partial charge in [-0.2, -0.15) is 0 Å². The zero-order chi connectivity index (χ0) is 19.9. The third-order valence-corrected chi connectivity index (χ3v) is 5.66. The van der Waals surface area contributed by atoms with E-state index in [0.29, 0.717) is 13.2 Å². The van der Waals surface area contributed by atoms with Gasteiger partial charge in [0.25, 0.3) is 5.91 Å². The molecule has 0 aromatic heterocycles. The van der Waals surface area contributed by atoms with Crippen LogP contribution in [0.25, 0.3) is 0 Å². The number of aryl methyl sites for hydroxylation is 2. The second-order valence-electron chi connectivity index (χ2n) is 7.58. The van der Waals surface area contributed by atoms with Gasteiger partial charge in [0, 0.05) is 10.7 Å². The molecule has 3 N–H and O–H groups in total. The van der Waals surface area contributed by atoms with Crippen molar-refractivity contribution in [2.24, 2.45) is 0 Å². The number of halogens is 1. The Kier molecular flexibility index (Phi) is 7.31. The predicted octanol–water partition coefficient (Wildman–Crippen LogP) is 0.758. The molecule has 0 atom stereocenters. The van der Waals surface area contributed by atoms with E-state index >= 15 is 0 Å². The van der Waals surface area contributed by atoms with Gasteiger partial charge < -0.3 is 19.9 Å². The Bertz CT molecular complexity index is 787. The average molecular weight is 404 g/mol. The summed E-state index contributed by atoms with van der Waals surface area (Å²) in [6.45, 7) is 10.5. The molecule has 1 saturated heterocycles. The van der Waals surface area contributed by atoms with E-state index in [1.165, 1.54) is 20.9 Å². The number of hydrogen-bond acceptors (Lipinski definition) is 2. The zero-order valence-electron chi connectivity index (χ0n) is 16.7. The van der Waals surface area contributed by atoms with Crippen molar-refractivity contribution in [3.63, 3.8) is 0 Å². The monoisotopic (exact) mass is 403 g/mol. The lowest BCUT2D eigenvalue weighted by Gasteiger charge is -2.29. The summed E-state index contributed by atoms with van der Waals surface area (Å²) in [5, 5.41) is 3.75. The van der Waals surface area contributed by atoms with Gasteiger partial charge in [-0.15, -0.1) is 0 Å². The van der Waals surface area contributed by atoms with Crippen molar-refractivity contribution in [1.82, 2.24) is 0 Å². The highest BCUT2D eigenvalue weighted by atomic mass is 35.5. The first kappa shape index (κ1) is 20.6. The minimum absolute atomic E-state index is 0.0905. The molecule has 1 aliphatic heterocycles. The summed E-state index contributed by atoms with van der Waals surface area (Å²) >= 11 is 5.88. The Labute approximate surface area is 172 Å². The van der Waals surface area contributed by atoms with E-state index in [9.17, 15) is 4.79 Å². The first-order chi connectivity index (χ1) is 13.5. The van der Waals surface area contributed by atoms with Gasteiger partial charge in [-0.25, -0.2) is 0 Å². The molecule has 150 valence electrons. The third kappa shape index (κ3) is 6.23. The van der Waals surface area contributed by atoms with Crippen LogP contribution in [0, 0.1) is 13.8 Å². The van der Waals surface area contributed by atoms with Crippen LogP contribution in [0.15, 0.2) is 42.5 Å². The Morgan fingerprint density at radius 1 is 1.00 bits per heavy atom. The number of rotatable bonds is 7. The molecule has 2 aromatic carbocycles. The maximum Gasteiger partial charge on any atom is 0.279 e. The number of piperazine rings is 1. The number of carbonyl (C=O) groups is 1. The van der Waals surface area contributed by atoms with Gasteiger partial charge in [-0.1, -0.05) is 17.7 Å². The van der Waals surface area contributed by atoms with E-state index in [-0.39, 0.29) is 5.91 Å². The van der Waals surface area contributed by atoms with Crippen molar-refractivity contribution < 1.29 is 19.3 Å². The van der Waals surface area contributed by atoms with Crippen LogP contribution in [-0.2, 0) is 4.79 Å².